The molecule has 1 fully saturated rings. The third kappa shape index (κ3) is 4.89. The molecular weight excluding hydrogens is 454 g/mol. The molecule has 0 bridgehead atoms. The second kappa shape index (κ2) is 10.1. The summed E-state index contributed by atoms with van der Waals surface area (Å²) in [4.78, 5) is 53.1. The van der Waals surface area contributed by atoms with Crippen molar-refractivity contribution in [2.24, 2.45) is 0 Å². The first kappa shape index (κ1) is 22.9. The molecule has 0 spiro atoms. The van der Waals surface area contributed by atoms with Gasteiger partial charge in [-0.3, -0.25) is 24.6 Å². The molecule has 34 heavy (non-hydrogen) atoms. The number of amides is 4. The maximum atomic E-state index is 13.2. The second-order valence-electron chi connectivity index (χ2n) is 7.50. The summed E-state index contributed by atoms with van der Waals surface area (Å²) in [6, 6.07) is 22.6. The Morgan fingerprint density at radius 3 is 2.21 bits per heavy atom. The highest BCUT2D eigenvalue weighted by molar-refractivity contribution is 6.33. The summed E-state index contributed by atoms with van der Waals surface area (Å²) in [6.45, 7) is 0. The number of carbonyl (C=O) groups is 4. The average molecular weight is 474 g/mol. The van der Waals surface area contributed by atoms with Crippen LogP contribution in [0.15, 0.2) is 91.0 Å². The Hall–Kier alpha value is -4.23. The van der Waals surface area contributed by atoms with E-state index in [0.717, 1.165) is 15.5 Å². The highest BCUT2D eigenvalue weighted by atomic mass is 35.5. The number of para-hydroxylation sites is 1. The van der Waals surface area contributed by atoms with Gasteiger partial charge in [0.05, 0.1) is 22.7 Å². The van der Waals surface area contributed by atoms with Gasteiger partial charge in [-0.15, -0.1) is 0 Å². The van der Waals surface area contributed by atoms with E-state index < -0.39 is 29.7 Å². The van der Waals surface area contributed by atoms with Crippen molar-refractivity contribution in [3.8, 4) is 0 Å². The molecule has 1 saturated heterocycles. The van der Waals surface area contributed by atoms with Crippen molar-refractivity contribution < 1.29 is 19.2 Å². The summed E-state index contributed by atoms with van der Waals surface area (Å²) in [5.74, 6) is -2.43. The van der Waals surface area contributed by atoms with E-state index in [1.54, 1.807) is 66.7 Å². The van der Waals surface area contributed by atoms with Gasteiger partial charge in [0.2, 0.25) is 5.91 Å². The Morgan fingerprint density at radius 2 is 1.53 bits per heavy atom. The first-order valence-electron chi connectivity index (χ1n) is 10.5. The van der Waals surface area contributed by atoms with Crippen LogP contribution in [0.25, 0.3) is 6.08 Å². The predicted molar refractivity (Wildman–Crippen MR) is 129 cm³/mol. The molecule has 1 heterocycles. The molecule has 3 aromatic carbocycles. The van der Waals surface area contributed by atoms with Crippen molar-refractivity contribution in [1.82, 2.24) is 10.4 Å². The molecule has 0 saturated carbocycles. The Morgan fingerprint density at radius 1 is 0.912 bits per heavy atom. The minimum atomic E-state index is -1.22. The van der Waals surface area contributed by atoms with Crippen LogP contribution in [0.2, 0.25) is 5.02 Å². The Labute approximate surface area is 201 Å². The van der Waals surface area contributed by atoms with E-state index >= 15 is 0 Å². The number of nitrogens with zero attached hydrogens (tertiary/aromatic N) is 2. The summed E-state index contributed by atoms with van der Waals surface area (Å²) < 4.78 is 0. The molecule has 170 valence electrons. The number of anilines is 1. The number of nitrogens with one attached hydrogen (secondary N) is 1. The number of rotatable bonds is 5. The zero-order valence-corrected chi connectivity index (χ0v) is 18.7. The maximum Gasteiger partial charge on any atom is 0.271 e. The molecule has 1 atom stereocenters. The van der Waals surface area contributed by atoms with Gasteiger partial charge in [0.15, 0.2) is 0 Å². The third-order valence-corrected chi connectivity index (χ3v) is 5.57. The fraction of sp³-hybridized carbons (Fsp3) is 0.0769. The van der Waals surface area contributed by atoms with Crippen molar-refractivity contribution >= 4 is 47.0 Å². The lowest BCUT2D eigenvalue weighted by Gasteiger charge is -2.27. The van der Waals surface area contributed by atoms with Crippen LogP contribution in [0.1, 0.15) is 22.3 Å². The Balaban J connectivity index is 1.64. The zero-order valence-electron chi connectivity index (χ0n) is 17.9. The molecule has 3 aromatic rings. The SMILES string of the molecule is O=C(NN(C(=O)C=Cc1ccccc1)C1CC(=O)N(c2ccccc2)C1=O)c1ccccc1Cl. The van der Waals surface area contributed by atoms with Crippen LogP contribution in [0.3, 0.4) is 0 Å². The second-order valence-corrected chi connectivity index (χ2v) is 7.90. The quantitative estimate of drug-likeness (QED) is 0.346. The molecule has 1 aliphatic rings. The highest BCUT2D eigenvalue weighted by Crippen LogP contribution is 2.25. The minimum absolute atomic E-state index is 0.130. The number of imide groups is 1. The molecule has 7 nitrogen and oxygen atoms in total. The van der Waals surface area contributed by atoms with E-state index in [0.29, 0.717) is 5.69 Å². The van der Waals surface area contributed by atoms with Gasteiger partial charge in [0.25, 0.3) is 17.7 Å². The van der Waals surface area contributed by atoms with Gasteiger partial charge in [-0.25, -0.2) is 9.91 Å². The van der Waals surface area contributed by atoms with Crippen molar-refractivity contribution in [3.63, 3.8) is 0 Å². The van der Waals surface area contributed by atoms with E-state index in [4.69, 9.17) is 11.6 Å². The summed E-state index contributed by atoms with van der Waals surface area (Å²) in [5.41, 5.74) is 3.77. The minimum Gasteiger partial charge on any atom is -0.274 e. The molecule has 4 rings (SSSR count). The lowest BCUT2D eigenvalue weighted by molar-refractivity contribution is -0.136. The molecule has 1 N–H and O–H groups in total. The fourth-order valence-electron chi connectivity index (χ4n) is 3.58. The van der Waals surface area contributed by atoms with Gasteiger partial charge in [-0.2, -0.15) is 0 Å². The molecule has 8 heteroatoms. The van der Waals surface area contributed by atoms with Crippen molar-refractivity contribution in [2.45, 2.75) is 12.5 Å². The number of hydrazine groups is 1. The standard InChI is InChI=1S/C26H20ClN3O4/c27-21-14-8-7-13-20(21)25(33)28-30(23(31)16-15-18-9-3-1-4-10-18)22-17-24(32)29(26(22)34)19-11-5-2-6-12-19/h1-16,22H,17H2,(H,28,33). The maximum absolute atomic E-state index is 13.2. The van der Waals surface area contributed by atoms with Gasteiger partial charge in [0, 0.05) is 6.08 Å². The van der Waals surface area contributed by atoms with E-state index in [-0.39, 0.29) is 17.0 Å². The summed E-state index contributed by atoms with van der Waals surface area (Å²) in [6.07, 6.45) is 2.53. The normalized spacial score (nSPS) is 15.6. The number of hydrogen-bond donors (Lipinski definition) is 1. The zero-order chi connectivity index (χ0) is 24.1. The van der Waals surface area contributed by atoms with Crippen LogP contribution in [-0.4, -0.2) is 34.7 Å². The van der Waals surface area contributed by atoms with Crippen molar-refractivity contribution in [3.05, 3.63) is 107 Å². The molecule has 1 unspecified atom stereocenters. The van der Waals surface area contributed by atoms with E-state index in [1.807, 2.05) is 18.2 Å². The van der Waals surface area contributed by atoms with Crippen LogP contribution in [-0.2, 0) is 14.4 Å². The largest absolute Gasteiger partial charge is 0.274 e. The molecule has 4 amide bonds. The lowest BCUT2D eigenvalue weighted by atomic mass is 10.2. The van der Waals surface area contributed by atoms with Crippen LogP contribution in [0.5, 0.6) is 0 Å². The summed E-state index contributed by atoms with van der Waals surface area (Å²) >= 11 is 6.13. The van der Waals surface area contributed by atoms with E-state index in [9.17, 15) is 19.2 Å². The van der Waals surface area contributed by atoms with Gasteiger partial charge < -0.3 is 0 Å². The lowest BCUT2D eigenvalue weighted by Crippen LogP contribution is -2.54. The number of hydrogen-bond acceptors (Lipinski definition) is 4. The van der Waals surface area contributed by atoms with Crippen molar-refractivity contribution in [2.75, 3.05) is 4.90 Å². The monoisotopic (exact) mass is 473 g/mol. The third-order valence-electron chi connectivity index (χ3n) is 5.24. The topological polar surface area (TPSA) is 86.8 Å². The highest BCUT2D eigenvalue weighted by Gasteiger charge is 2.45. The van der Waals surface area contributed by atoms with Gasteiger partial charge in [-0.1, -0.05) is 72.3 Å². The Bertz CT molecular complexity index is 1260. The summed E-state index contributed by atoms with van der Waals surface area (Å²) in [7, 11) is 0. The molecule has 0 aliphatic carbocycles. The van der Waals surface area contributed by atoms with Crippen LogP contribution in [0.4, 0.5) is 5.69 Å². The first-order valence-corrected chi connectivity index (χ1v) is 10.9. The van der Waals surface area contributed by atoms with Crippen molar-refractivity contribution in [1.29, 1.82) is 0 Å². The van der Waals surface area contributed by atoms with Gasteiger partial charge >= 0.3 is 0 Å². The number of benzene rings is 3. The molecule has 0 aromatic heterocycles. The smallest absolute Gasteiger partial charge is 0.271 e. The van der Waals surface area contributed by atoms with Crippen LogP contribution < -0.4 is 10.3 Å². The molecule has 0 radical (unpaired) electrons. The molecule has 1 aliphatic heterocycles. The Kier molecular flexibility index (Phi) is 6.85. The summed E-state index contributed by atoms with van der Waals surface area (Å²) in [5, 5.41) is 1.08. The van der Waals surface area contributed by atoms with Gasteiger partial charge in [-0.05, 0) is 35.9 Å². The molecular formula is C26H20ClN3O4. The predicted octanol–water partition coefficient (Wildman–Crippen LogP) is 3.86. The fourth-order valence-corrected chi connectivity index (χ4v) is 3.80. The van der Waals surface area contributed by atoms with E-state index in [1.165, 1.54) is 12.1 Å². The van der Waals surface area contributed by atoms with E-state index in [2.05, 4.69) is 5.43 Å². The number of halogens is 1. The van der Waals surface area contributed by atoms with Gasteiger partial charge in [0.1, 0.15) is 6.04 Å². The first-order chi connectivity index (χ1) is 16.5. The number of carbonyl (C=O) groups excluding carboxylic acids is 4. The average Bonchev–Trinajstić information content (AvgIpc) is 3.15. The van der Waals surface area contributed by atoms with Crippen LogP contribution in [0, 0.1) is 0 Å². The van der Waals surface area contributed by atoms with Crippen LogP contribution >= 0.6 is 11.6 Å².